The molecule has 7 N–H and O–H groups in total. The lowest BCUT2D eigenvalue weighted by Crippen LogP contribution is -2.39. The van der Waals surface area contributed by atoms with E-state index >= 15 is 0 Å². The standard InChI is InChI=1S/C26H26N2O4S.C17H20N2O3S.C9H7ClO/c1-18-7-13-22(14-8-18)33(31,32)28-26-23-17-21(12-10-20(23)11-15-24(26)29)27-25(30)16-9-19-5-3-2-4-6-19;1-11-2-7-14(8-3-11)23(21,22)19-17-15-10-13(18)6-4-12(15)5-9-16(17)20;10-9(11)7-6-8-4-2-1-3-5-8/h2-10,12-14,16-17,24,26,28-29H,11,15H2,1H3,(H,27,30);2-4,6-8,10,16-17,19-20H,5,9,18H2,1H3;1-7H/b16-9+;;7-6+. The molecule has 0 radical (unpaired) electrons. The third-order valence-corrected chi connectivity index (χ3v) is 14.1. The number of anilines is 2. The molecule has 8 rings (SSSR count). The first kappa shape index (κ1) is 50.2. The predicted molar refractivity (Wildman–Crippen MR) is 265 cm³/mol. The number of nitrogens with one attached hydrogen (secondary N) is 3. The van der Waals surface area contributed by atoms with Crippen molar-refractivity contribution < 1.29 is 36.6 Å². The van der Waals surface area contributed by atoms with Gasteiger partial charge in [0.05, 0.1) is 34.1 Å². The molecule has 4 atom stereocenters. The van der Waals surface area contributed by atoms with E-state index in [0.717, 1.165) is 38.9 Å². The molecule has 6 aromatic rings. The minimum atomic E-state index is -3.84. The molecule has 2 aliphatic carbocycles. The maximum atomic E-state index is 12.9. The lowest BCUT2D eigenvalue weighted by molar-refractivity contribution is -0.112. The minimum absolute atomic E-state index is 0.142. The SMILES string of the molecule is Cc1ccc(S(=O)(=O)NC2c3cc(N)ccc3CCC2O)cc1.Cc1ccc(S(=O)(=O)NC2c3cc(NC(=O)/C=C/c4ccccc4)ccc3CCC2O)cc1.O=C(Cl)/C=C/c1ccccc1. The average Bonchev–Trinajstić information content (AvgIpc) is 3.31. The molecular weight excluding hydrogens is 908 g/mol. The number of nitrogen functional groups attached to an aromatic ring is 1. The molecule has 4 unspecified atom stereocenters. The van der Waals surface area contributed by atoms with Gasteiger partial charge in [0.25, 0.3) is 0 Å². The van der Waals surface area contributed by atoms with E-state index in [1.807, 2.05) is 86.6 Å². The van der Waals surface area contributed by atoms with E-state index in [0.29, 0.717) is 42.6 Å². The largest absolute Gasteiger partial charge is 0.399 e. The van der Waals surface area contributed by atoms with Gasteiger partial charge in [0.2, 0.25) is 31.2 Å². The highest BCUT2D eigenvalue weighted by molar-refractivity contribution is 7.89. The molecular formula is C52H53ClN4O8S2. The Bertz CT molecular complexity index is 2930. The number of carbonyl (C=O) groups excluding carboxylic acids is 2. The summed E-state index contributed by atoms with van der Waals surface area (Å²) in [4.78, 5) is 23.0. The lowest BCUT2D eigenvalue weighted by Gasteiger charge is -2.31. The number of amides is 1. The molecule has 67 heavy (non-hydrogen) atoms. The topological polar surface area (TPSA) is 205 Å². The first-order valence-electron chi connectivity index (χ1n) is 21.5. The van der Waals surface area contributed by atoms with Crippen LogP contribution in [0.2, 0.25) is 0 Å². The zero-order valence-electron chi connectivity index (χ0n) is 36.9. The van der Waals surface area contributed by atoms with Crippen LogP contribution < -0.4 is 20.5 Å². The molecule has 15 heteroatoms. The van der Waals surface area contributed by atoms with Crippen molar-refractivity contribution in [2.75, 3.05) is 11.1 Å². The van der Waals surface area contributed by atoms with Crippen LogP contribution in [0.3, 0.4) is 0 Å². The van der Waals surface area contributed by atoms with Crippen LogP contribution in [0.25, 0.3) is 12.2 Å². The van der Waals surface area contributed by atoms with Gasteiger partial charge >= 0.3 is 0 Å². The minimum Gasteiger partial charge on any atom is -0.399 e. The van der Waals surface area contributed by atoms with Gasteiger partial charge in [-0.25, -0.2) is 26.3 Å². The third-order valence-electron chi connectivity index (χ3n) is 11.1. The van der Waals surface area contributed by atoms with Gasteiger partial charge in [-0.05, 0) is 145 Å². The van der Waals surface area contributed by atoms with Crippen LogP contribution in [0.15, 0.2) is 168 Å². The van der Waals surface area contributed by atoms with Crippen LogP contribution in [-0.4, -0.2) is 50.4 Å². The number of hydrogen-bond acceptors (Lipinski definition) is 9. The van der Waals surface area contributed by atoms with Crippen LogP contribution >= 0.6 is 11.6 Å². The maximum Gasteiger partial charge on any atom is 0.248 e. The van der Waals surface area contributed by atoms with Crippen LogP contribution in [-0.2, 0) is 42.5 Å². The molecule has 348 valence electrons. The third kappa shape index (κ3) is 14.4. The van der Waals surface area contributed by atoms with Gasteiger partial charge in [-0.15, -0.1) is 0 Å². The van der Waals surface area contributed by atoms with Crippen LogP contribution in [0.4, 0.5) is 11.4 Å². The Morgan fingerprint density at radius 2 is 1.03 bits per heavy atom. The normalized spacial score (nSPS) is 17.8. The van der Waals surface area contributed by atoms with Gasteiger partial charge in [-0.2, -0.15) is 0 Å². The Labute approximate surface area is 397 Å². The van der Waals surface area contributed by atoms with E-state index in [-0.39, 0.29) is 15.7 Å². The summed E-state index contributed by atoms with van der Waals surface area (Å²) >= 11 is 5.10. The number of nitrogens with two attached hydrogens (primary N) is 1. The van der Waals surface area contributed by atoms with Gasteiger partial charge in [0.1, 0.15) is 0 Å². The van der Waals surface area contributed by atoms with Gasteiger partial charge in [-0.1, -0.05) is 114 Å². The van der Waals surface area contributed by atoms with Gasteiger partial charge in [-0.3, -0.25) is 9.59 Å². The second-order valence-corrected chi connectivity index (χ2v) is 20.0. The summed E-state index contributed by atoms with van der Waals surface area (Å²) in [5, 5.41) is 23.3. The van der Waals surface area contributed by atoms with Crippen LogP contribution in [0.5, 0.6) is 0 Å². The molecule has 1 amide bonds. The van der Waals surface area contributed by atoms with Crippen LogP contribution in [0.1, 0.15) is 69.4 Å². The monoisotopic (exact) mass is 960 g/mol. The number of aliphatic hydroxyl groups excluding tert-OH is 2. The van der Waals surface area contributed by atoms with Crippen molar-refractivity contribution in [3.63, 3.8) is 0 Å². The molecule has 0 fully saturated rings. The zero-order chi connectivity index (χ0) is 48.1. The average molecular weight is 962 g/mol. The second-order valence-electron chi connectivity index (χ2n) is 16.2. The number of rotatable bonds is 11. The smallest absolute Gasteiger partial charge is 0.248 e. The number of sulfonamides is 2. The Morgan fingerprint density at radius 3 is 1.49 bits per heavy atom. The highest BCUT2D eigenvalue weighted by Crippen LogP contribution is 2.35. The Balaban J connectivity index is 0.000000188. The van der Waals surface area contributed by atoms with Crippen molar-refractivity contribution >= 4 is 66.3 Å². The summed E-state index contributed by atoms with van der Waals surface area (Å²) in [5.74, 6) is -0.299. The van der Waals surface area contributed by atoms with E-state index in [4.69, 9.17) is 17.3 Å². The number of aliphatic hydroxyl groups is 2. The molecule has 0 aromatic heterocycles. The lowest BCUT2D eigenvalue weighted by atomic mass is 9.86. The summed E-state index contributed by atoms with van der Waals surface area (Å²) < 4.78 is 56.4. The summed E-state index contributed by atoms with van der Waals surface area (Å²) in [7, 11) is -7.55. The fourth-order valence-electron chi connectivity index (χ4n) is 7.51. The fraction of sp³-hybridized carbons (Fsp3) is 0.192. The number of fused-ring (bicyclic) bond motifs is 2. The maximum absolute atomic E-state index is 12.9. The first-order valence-corrected chi connectivity index (χ1v) is 24.8. The summed E-state index contributed by atoms with van der Waals surface area (Å²) in [6.45, 7) is 3.78. The number of hydrogen-bond donors (Lipinski definition) is 6. The zero-order valence-corrected chi connectivity index (χ0v) is 39.3. The fourth-order valence-corrected chi connectivity index (χ4v) is 10.1. The Hall–Kier alpha value is -6.23. The van der Waals surface area contributed by atoms with Crippen molar-refractivity contribution in [1.82, 2.24) is 9.44 Å². The molecule has 0 saturated heterocycles. The number of benzene rings is 6. The first-order chi connectivity index (χ1) is 32.0. The molecule has 0 heterocycles. The predicted octanol–water partition coefficient (Wildman–Crippen LogP) is 8.34. The van der Waals surface area contributed by atoms with Crippen molar-refractivity contribution in [2.45, 2.75) is 73.6 Å². The molecule has 0 aliphatic heterocycles. The summed E-state index contributed by atoms with van der Waals surface area (Å²) in [5.41, 5.74) is 14.1. The molecule has 0 spiro atoms. The number of carbonyl (C=O) groups is 2. The molecule has 0 saturated carbocycles. The van der Waals surface area contributed by atoms with Crippen molar-refractivity contribution in [3.8, 4) is 0 Å². The van der Waals surface area contributed by atoms with E-state index in [9.17, 15) is 36.6 Å². The molecule has 12 nitrogen and oxygen atoms in total. The van der Waals surface area contributed by atoms with E-state index in [1.165, 1.54) is 12.2 Å². The van der Waals surface area contributed by atoms with Crippen molar-refractivity contribution in [3.05, 3.63) is 202 Å². The Morgan fingerprint density at radius 1 is 0.597 bits per heavy atom. The molecule has 0 bridgehead atoms. The number of allylic oxidation sites excluding steroid dienone is 1. The number of halogens is 1. The van der Waals surface area contributed by atoms with Crippen LogP contribution in [0, 0.1) is 13.8 Å². The van der Waals surface area contributed by atoms with E-state index in [1.54, 1.807) is 84.9 Å². The van der Waals surface area contributed by atoms with Gasteiger partial charge in [0, 0.05) is 17.5 Å². The number of aryl methyl sites for hydroxylation is 4. The Kier molecular flexibility index (Phi) is 17.2. The summed E-state index contributed by atoms with van der Waals surface area (Å²) in [6.07, 6.45) is 6.81. The molecule has 2 aliphatic rings. The quantitative estimate of drug-likeness (QED) is 0.0419. The van der Waals surface area contributed by atoms with Crippen molar-refractivity contribution in [2.24, 2.45) is 0 Å². The summed E-state index contributed by atoms with van der Waals surface area (Å²) in [6, 6.07) is 41.5. The van der Waals surface area contributed by atoms with Gasteiger partial charge < -0.3 is 21.3 Å². The van der Waals surface area contributed by atoms with E-state index < -0.39 is 49.6 Å². The highest BCUT2D eigenvalue weighted by atomic mass is 35.5. The second kappa shape index (κ2) is 23.0. The van der Waals surface area contributed by atoms with Gasteiger partial charge in [0.15, 0.2) is 0 Å². The van der Waals surface area contributed by atoms with Crippen molar-refractivity contribution in [1.29, 1.82) is 0 Å². The molecule has 6 aromatic carbocycles. The highest BCUT2D eigenvalue weighted by Gasteiger charge is 2.34. The van der Waals surface area contributed by atoms with E-state index in [2.05, 4.69) is 14.8 Å².